The standard InChI is InChI=1S/C16H20N4O5/c1-9-10(8-11(17)16(21)22)14-12(20(23)24)2-3-13(15(14)18-9)19-4-6-25-7-5-19/h2-3,11,18H,4-8,17H2,1H3,(H,21,22). The van der Waals surface area contributed by atoms with Crippen LogP contribution in [0.5, 0.6) is 0 Å². The Kier molecular flexibility index (Phi) is 4.60. The molecule has 0 spiro atoms. The summed E-state index contributed by atoms with van der Waals surface area (Å²) in [6.07, 6.45) is 0.0224. The molecule has 25 heavy (non-hydrogen) atoms. The molecule has 0 amide bonds. The van der Waals surface area contributed by atoms with Crippen molar-refractivity contribution in [2.75, 3.05) is 31.2 Å². The largest absolute Gasteiger partial charge is 0.480 e. The summed E-state index contributed by atoms with van der Waals surface area (Å²) in [5.41, 5.74) is 8.37. The first-order valence-corrected chi connectivity index (χ1v) is 7.99. The van der Waals surface area contributed by atoms with Crippen molar-refractivity contribution in [1.29, 1.82) is 0 Å². The van der Waals surface area contributed by atoms with Gasteiger partial charge in [-0.25, -0.2) is 0 Å². The Morgan fingerprint density at radius 1 is 1.48 bits per heavy atom. The third-order valence-electron chi connectivity index (χ3n) is 4.52. The summed E-state index contributed by atoms with van der Waals surface area (Å²) in [5.74, 6) is -1.14. The van der Waals surface area contributed by atoms with Crippen LogP contribution in [-0.2, 0) is 16.0 Å². The Morgan fingerprint density at radius 3 is 2.76 bits per heavy atom. The number of H-pyrrole nitrogens is 1. The van der Waals surface area contributed by atoms with E-state index >= 15 is 0 Å². The molecule has 0 bridgehead atoms. The number of hydrogen-bond acceptors (Lipinski definition) is 6. The van der Waals surface area contributed by atoms with Crippen LogP contribution in [0.1, 0.15) is 11.3 Å². The number of carboxylic acid groups (broad SMARTS) is 1. The van der Waals surface area contributed by atoms with Gasteiger partial charge in [0.05, 0.1) is 34.7 Å². The SMILES string of the molecule is Cc1[nH]c2c(N3CCOCC3)ccc([N+](=O)[O-])c2c1CC(N)C(=O)O. The minimum absolute atomic E-state index is 0.0224. The van der Waals surface area contributed by atoms with Crippen LogP contribution >= 0.6 is 0 Å². The number of rotatable bonds is 5. The molecule has 1 unspecified atom stereocenters. The lowest BCUT2D eigenvalue weighted by Gasteiger charge is -2.29. The van der Waals surface area contributed by atoms with Crippen molar-refractivity contribution in [1.82, 2.24) is 4.98 Å². The Bertz CT molecular complexity index is 826. The maximum Gasteiger partial charge on any atom is 0.320 e. The van der Waals surface area contributed by atoms with Crippen LogP contribution in [0.2, 0.25) is 0 Å². The maximum atomic E-state index is 11.5. The second-order valence-corrected chi connectivity index (χ2v) is 6.09. The first-order valence-electron chi connectivity index (χ1n) is 7.99. The molecule has 1 aromatic heterocycles. The molecule has 1 aliphatic heterocycles. The summed E-state index contributed by atoms with van der Waals surface area (Å²) in [4.78, 5) is 27.5. The highest BCUT2D eigenvalue weighted by atomic mass is 16.6. The minimum atomic E-state index is -1.14. The van der Waals surface area contributed by atoms with Gasteiger partial charge in [0.1, 0.15) is 6.04 Å². The van der Waals surface area contributed by atoms with Gasteiger partial charge in [0.15, 0.2) is 0 Å². The summed E-state index contributed by atoms with van der Waals surface area (Å²) < 4.78 is 5.36. The number of aromatic nitrogens is 1. The highest BCUT2D eigenvalue weighted by Gasteiger charge is 2.26. The topological polar surface area (TPSA) is 135 Å². The number of anilines is 1. The number of carboxylic acids is 1. The second-order valence-electron chi connectivity index (χ2n) is 6.09. The molecule has 134 valence electrons. The predicted molar refractivity (Wildman–Crippen MR) is 92.0 cm³/mol. The minimum Gasteiger partial charge on any atom is -0.480 e. The number of non-ortho nitro benzene ring substituents is 1. The van der Waals surface area contributed by atoms with Crippen LogP contribution < -0.4 is 10.6 Å². The van der Waals surface area contributed by atoms with Crippen molar-refractivity contribution in [3.63, 3.8) is 0 Å². The van der Waals surface area contributed by atoms with E-state index in [0.717, 1.165) is 5.69 Å². The van der Waals surface area contributed by atoms with Crippen LogP contribution in [0.3, 0.4) is 0 Å². The highest BCUT2D eigenvalue weighted by Crippen LogP contribution is 2.37. The van der Waals surface area contributed by atoms with E-state index < -0.39 is 16.9 Å². The highest BCUT2D eigenvalue weighted by molar-refractivity contribution is 6.01. The number of aromatic amines is 1. The quantitative estimate of drug-likeness (QED) is 0.545. The smallest absolute Gasteiger partial charge is 0.320 e. The molecule has 0 aliphatic carbocycles. The first-order chi connectivity index (χ1) is 11.9. The van der Waals surface area contributed by atoms with E-state index in [0.29, 0.717) is 48.5 Å². The average molecular weight is 348 g/mol. The zero-order valence-electron chi connectivity index (χ0n) is 13.8. The molecular formula is C16H20N4O5. The number of nitrogens with one attached hydrogen (secondary N) is 1. The molecule has 1 atom stereocenters. The van der Waals surface area contributed by atoms with Gasteiger partial charge in [-0.2, -0.15) is 0 Å². The molecule has 9 nitrogen and oxygen atoms in total. The van der Waals surface area contributed by atoms with E-state index in [9.17, 15) is 14.9 Å². The molecule has 1 saturated heterocycles. The summed E-state index contributed by atoms with van der Waals surface area (Å²) in [6.45, 7) is 4.34. The van der Waals surface area contributed by atoms with Gasteiger partial charge in [0, 0.05) is 31.3 Å². The van der Waals surface area contributed by atoms with Crippen LogP contribution in [0.25, 0.3) is 10.9 Å². The number of fused-ring (bicyclic) bond motifs is 1. The number of aliphatic carboxylic acids is 1. The Labute approximate surface area is 143 Å². The van der Waals surface area contributed by atoms with E-state index in [1.54, 1.807) is 13.0 Å². The van der Waals surface area contributed by atoms with Crippen LogP contribution in [-0.4, -0.2) is 53.3 Å². The third kappa shape index (κ3) is 3.15. The zero-order chi connectivity index (χ0) is 18.1. The Hall–Kier alpha value is -2.65. The lowest BCUT2D eigenvalue weighted by atomic mass is 10.0. The van der Waals surface area contributed by atoms with Crippen LogP contribution in [0.15, 0.2) is 12.1 Å². The molecule has 2 heterocycles. The van der Waals surface area contributed by atoms with Crippen molar-refractivity contribution in [3.8, 4) is 0 Å². The van der Waals surface area contributed by atoms with Gasteiger partial charge in [-0.05, 0) is 18.6 Å². The number of nitrogens with two attached hydrogens (primary N) is 1. The number of ether oxygens (including phenoxy) is 1. The number of benzene rings is 1. The summed E-state index contributed by atoms with van der Waals surface area (Å²) >= 11 is 0. The van der Waals surface area contributed by atoms with Crippen molar-refractivity contribution in [3.05, 3.63) is 33.5 Å². The molecule has 3 rings (SSSR count). The number of nitro benzene ring substituents is 1. The lowest BCUT2D eigenvalue weighted by Crippen LogP contribution is -2.36. The van der Waals surface area contributed by atoms with Crippen molar-refractivity contribution < 1.29 is 19.6 Å². The normalized spacial score (nSPS) is 16.2. The summed E-state index contributed by atoms with van der Waals surface area (Å²) in [7, 11) is 0. The van der Waals surface area contributed by atoms with Gasteiger partial charge in [-0.1, -0.05) is 0 Å². The molecule has 9 heteroatoms. The summed E-state index contributed by atoms with van der Waals surface area (Å²) in [5, 5.41) is 21.0. The van der Waals surface area contributed by atoms with Gasteiger partial charge >= 0.3 is 5.97 Å². The van der Waals surface area contributed by atoms with E-state index in [1.807, 2.05) is 0 Å². The second kappa shape index (κ2) is 6.69. The van der Waals surface area contributed by atoms with Crippen molar-refractivity contribution in [2.45, 2.75) is 19.4 Å². The fourth-order valence-electron chi connectivity index (χ4n) is 3.25. The van der Waals surface area contributed by atoms with Crippen molar-refractivity contribution >= 4 is 28.2 Å². The molecule has 0 saturated carbocycles. The molecule has 1 aromatic carbocycles. The van der Waals surface area contributed by atoms with Gasteiger partial charge in [-0.15, -0.1) is 0 Å². The number of aryl methyl sites for hydroxylation is 1. The fraction of sp³-hybridized carbons (Fsp3) is 0.438. The van der Waals surface area contributed by atoms with Crippen molar-refractivity contribution in [2.24, 2.45) is 5.73 Å². The zero-order valence-corrected chi connectivity index (χ0v) is 13.8. The number of carbonyl (C=O) groups is 1. The first kappa shape index (κ1) is 17.2. The van der Waals surface area contributed by atoms with Gasteiger partial charge < -0.3 is 25.5 Å². The van der Waals surface area contributed by atoms with E-state index in [-0.39, 0.29) is 12.1 Å². The van der Waals surface area contributed by atoms with Gasteiger partial charge in [0.25, 0.3) is 5.69 Å². The number of morpholine rings is 1. The van der Waals surface area contributed by atoms with Gasteiger partial charge in [-0.3, -0.25) is 14.9 Å². The van der Waals surface area contributed by atoms with Gasteiger partial charge in [0.2, 0.25) is 0 Å². The van der Waals surface area contributed by atoms with E-state index in [1.165, 1.54) is 6.07 Å². The molecule has 4 N–H and O–H groups in total. The lowest BCUT2D eigenvalue weighted by molar-refractivity contribution is -0.383. The fourth-order valence-corrected chi connectivity index (χ4v) is 3.25. The third-order valence-corrected chi connectivity index (χ3v) is 4.52. The molecule has 0 radical (unpaired) electrons. The van der Waals surface area contributed by atoms with E-state index in [2.05, 4.69) is 9.88 Å². The maximum absolute atomic E-state index is 11.5. The number of nitro groups is 1. The Balaban J connectivity index is 2.17. The molecule has 1 fully saturated rings. The van der Waals surface area contributed by atoms with Crippen LogP contribution in [0, 0.1) is 17.0 Å². The molecular weight excluding hydrogens is 328 g/mol. The van der Waals surface area contributed by atoms with Crippen LogP contribution in [0.4, 0.5) is 11.4 Å². The Morgan fingerprint density at radius 2 is 2.16 bits per heavy atom. The predicted octanol–water partition coefficient (Wildman–Crippen LogP) is 1.18. The molecule has 1 aliphatic rings. The number of hydrogen-bond donors (Lipinski definition) is 3. The monoisotopic (exact) mass is 348 g/mol. The average Bonchev–Trinajstić information content (AvgIpc) is 2.91. The summed E-state index contributed by atoms with van der Waals surface area (Å²) in [6, 6.07) is 2.07. The number of nitrogens with zero attached hydrogens (tertiary/aromatic N) is 2. The van der Waals surface area contributed by atoms with E-state index in [4.69, 9.17) is 15.6 Å². The molecule has 2 aromatic rings.